The Balaban J connectivity index is 1.97. The molecule has 0 N–H and O–H groups in total. The van der Waals surface area contributed by atoms with Crippen LogP contribution in [0.25, 0.3) is 0 Å². The summed E-state index contributed by atoms with van der Waals surface area (Å²) in [6, 6.07) is 0. The number of rotatable bonds is 6. The second kappa shape index (κ2) is 6.43. The molecule has 19 heavy (non-hydrogen) atoms. The summed E-state index contributed by atoms with van der Waals surface area (Å²) >= 11 is 5.94. The number of alkyl halides is 1. The average molecular weight is 275 g/mol. The fourth-order valence-corrected chi connectivity index (χ4v) is 3.27. The van der Waals surface area contributed by atoms with Gasteiger partial charge < -0.3 is 0 Å². The van der Waals surface area contributed by atoms with Gasteiger partial charge in [0, 0.05) is 11.8 Å². The first kappa shape index (κ1) is 14.4. The van der Waals surface area contributed by atoms with Crippen LogP contribution in [0.1, 0.15) is 32.6 Å². The van der Waals surface area contributed by atoms with Gasteiger partial charge in [0.15, 0.2) is 0 Å². The Morgan fingerprint density at radius 1 is 1.37 bits per heavy atom. The zero-order valence-electron chi connectivity index (χ0n) is 11.8. The van der Waals surface area contributed by atoms with Crippen LogP contribution in [0.5, 0.6) is 0 Å². The van der Waals surface area contributed by atoms with Gasteiger partial charge >= 0.3 is 0 Å². The Morgan fingerprint density at radius 2 is 2.16 bits per heavy atom. The lowest BCUT2D eigenvalue weighted by Crippen LogP contribution is -2.16. The molecule has 102 valence electrons. The first-order chi connectivity index (χ1) is 9.15. The molecular formula is C18H23Cl. The third-order valence-electron chi connectivity index (χ3n) is 4.34. The molecule has 0 amide bonds. The predicted octanol–water partition coefficient (Wildman–Crippen LogP) is 5.59. The first-order valence-corrected chi connectivity index (χ1v) is 7.69. The van der Waals surface area contributed by atoms with E-state index in [1.54, 1.807) is 11.1 Å². The molecule has 3 aliphatic rings. The van der Waals surface area contributed by atoms with Gasteiger partial charge in [0.05, 0.1) is 0 Å². The van der Waals surface area contributed by atoms with E-state index in [4.69, 9.17) is 11.6 Å². The molecule has 1 fully saturated rings. The zero-order chi connectivity index (χ0) is 13.8. The highest BCUT2D eigenvalue weighted by molar-refractivity contribution is 6.18. The molecule has 0 radical (unpaired) electrons. The molecular weight excluding hydrogens is 252 g/mol. The van der Waals surface area contributed by atoms with Gasteiger partial charge in [-0.05, 0) is 37.2 Å². The van der Waals surface area contributed by atoms with E-state index in [0.717, 1.165) is 18.4 Å². The summed E-state index contributed by atoms with van der Waals surface area (Å²) in [4.78, 5) is 0. The van der Waals surface area contributed by atoms with Gasteiger partial charge in [-0.15, -0.1) is 11.6 Å². The molecule has 0 aromatic rings. The Morgan fingerprint density at radius 3 is 2.63 bits per heavy atom. The Labute approximate surface area is 122 Å². The molecule has 0 aromatic heterocycles. The van der Waals surface area contributed by atoms with Gasteiger partial charge in [-0.25, -0.2) is 0 Å². The number of hydrogen-bond acceptors (Lipinski definition) is 0. The molecule has 2 atom stereocenters. The quantitative estimate of drug-likeness (QED) is 0.438. The van der Waals surface area contributed by atoms with Gasteiger partial charge in [-0.1, -0.05) is 61.1 Å². The van der Waals surface area contributed by atoms with Gasteiger partial charge in [0.1, 0.15) is 0 Å². The number of halogens is 1. The van der Waals surface area contributed by atoms with Crippen LogP contribution >= 0.6 is 11.6 Å². The van der Waals surface area contributed by atoms with Crippen molar-refractivity contribution in [2.75, 3.05) is 5.88 Å². The molecule has 2 unspecified atom stereocenters. The van der Waals surface area contributed by atoms with Crippen LogP contribution in [-0.4, -0.2) is 5.88 Å². The number of allylic oxidation sites excluding steroid dienone is 8. The maximum Gasteiger partial charge on any atom is 0.0291 e. The van der Waals surface area contributed by atoms with Crippen molar-refractivity contribution in [2.24, 2.45) is 11.8 Å². The van der Waals surface area contributed by atoms with Crippen LogP contribution in [-0.2, 0) is 0 Å². The van der Waals surface area contributed by atoms with Crippen molar-refractivity contribution in [2.45, 2.75) is 32.6 Å². The second-order valence-electron chi connectivity index (χ2n) is 5.57. The fourth-order valence-electron chi connectivity index (χ4n) is 2.86. The second-order valence-corrected chi connectivity index (χ2v) is 5.87. The molecule has 0 aromatic carbocycles. The summed E-state index contributed by atoms with van der Waals surface area (Å²) in [5, 5.41) is 0. The summed E-state index contributed by atoms with van der Waals surface area (Å²) in [6.45, 7) is 10.5. The summed E-state index contributed by atoms with van der Waals surface area (Å²) in [6.07, 6.45) is 13.5. The first-order valence-electron chi connectivity index (χ1n) is 7.15. The van der Waals surface area contributed by atoms with E-state index < -0.39 is 0 Å². The lowest BCUT2D eigenvalue weighted by molar-refractivity contribution is 0.593. The zero-order valence-corrected chi connectivity index (χ0v) is 12.5. The Kier molecular flexibility index (Phi) is 4.87. The lowest BCUT2D eigenvalue weighted by atomic mass is 9.74. The molecule has 0 spiro atoms. The van der Waals surface area contributed by atoms with Gasteiger partial charge in [0.2, 0.25) is 0 Å². The van der Waals surface area contributed by atoms with Crippen LogP contribution in [0.3, 0.4) is 0 Å². The Hall–Kier alpha value is -1.01. The normalized spacial score (nSPS) is 23.2. The topological polar surface area (TPSA) is 0 Å². The minimum Gasteiger partial charge on any atom is -0.126 e. The van der Waals surface area contributed by atoms with Crippen LogP contribution in [0.4, 0.5) is 0 Å². The number of fused-ring (bicyclic) bond motifs is 3. The Bertz CT molecular complexity index is 458. The highest BCUT2D eigenvalue weighted by Crippen LogP contribution is 2.40. The van der Waals surface area contributed by atoms with E-state index in [1.807, 2.05) is 0 Å². The summed E-state index contributed by atoms with van der Waals surface area (Å²) < 4.78 is 0. The van der Waals surface area contributed by atoms with Gasteiger partial charge in [-0.3, -0.25) is 0 Å². The van der Waals surface area contributed by atoms with Crippen molar-refractivity contribution < 1.29 is 0 Å². The molecule has 1 heteroatoms. The monoisotopic (exact) mass is 274 g/mol. The molecule has 1 saturated carbocycles. The van der Waals surface area contributed by atoms with Crippen molar-refractivity contribution in [3.05, 3.63) is 59.8 Å². The molecule has 0 nitrogen and oxygen atoms in total. The average Bonchev–Trinajstić information content (AvgIpc) is 2.47. The van der Waals surface area contributed by atoms with Crippen molar-refractivity contribution in [1.82, 2.24) is 0 Å². The van der Waals surface area contributed by atoms with Crippen LogP contribution in [0.15, 0.2) is 59.8 Å². The van der Waals surface area contributed by atoms with Crippen LogP contribution in [0, 0.1) is 11.8 Å². The molecule has 0 aliphatic heterocycles. The van der Waals surface area contributed by atoms with E-state index in [-0.39, 0.29) is 0 Å². The van der Waals surface area contributed by atoms with Crippen molar-refractivity contribution >= 4 is 11.6 Å². The molecule has 2 bridgehead atoms. The minimum absolute atomic E-state index is 0.385. The highest BCUT2D eigenvalue weighted by atomic mass is 35.5. The standard InChI is InChI=1S/C18H23Cl/c1-4-16(12-19)13(2)5-6-14(3)18-11-15-7-9-17(18)10-8-15/h5-7,9,16,18H,2-4,8,10-12H2,1H3/b6-5-. The molecule has 3 rings (SSSR count). The predicted molar refractivity (Wildman–Crippen MR) is 85.4 cm³/mol. The SMILES string of the molecule is C=C(/C=C\C(=C)C1CC2=CC=C1CC2)C(CC)CCl. The van der Waals surface area contributed by atoms with Crippen molar-refractivity contribution in [3.63, 3.8) is 0 Å². The molecule has 3 aliphatic carbocycles. The van der Waals surface area contributed by atoms with E-state index >= 15 is 0 Å². The summed E-state index contributed by atoms with van der Waals surface area (Å²) in [5.74, 6) is 1.55. The van der Waals surface area contributed by atoms with E-state index in [9.17, 15) is 0 Å². The van der Waals surface area contributed by atoms with Crippen molar-refractivity contribution in [3.8, 4) is 0 Å². The summed E-state index contributed by atoms with van der Waals surface area (Å²) in [7, 11) is 0. The molecule has 0 heterocycles. The lowest BCUT2D eigenvalue weighted by Gasteiger charge is -2.31. The maximum atomic E-state index is 5.94. The van der Waals surface area contributed by atoms with E-state index in [1.165, 1.54) is 18.4 Å². The fraction of sp³-hybridized carbons (Fsp3) is 0.444. The third-order valence-corrected chi connectivity index (χ3v) is 4.72. The minimum atomic E-state index is 0.385. The van der Waals surface area contributed by atoms with Gasteiger partial charge in [-0.2, -0.15) is 0 Å². The smallest absolute Gasteiger partial charge is 0.0291 e. The van der Waals surface area contributed by atoms with Gasteiger partial charge in [0.25, 0.3) is 0 Å². The van der Waals surface area contributed by atoms with E-state index in [2.05, 4.69) is 44.4 Å². The third kappa shape index (κ3) is 3.30. The highest BCUT2D eigenvalue weighted by Gasteiger charge is 2.25. The molecule has 0 saturated heterocycles. The maximum absolute atomic E-state index is 5.94. The summed E-state index contributed by atoms with van der Waals surface area (Å²) in [5.41, 5.74) is 5.44. The van der Waals surface area contributed by atoms with Crippen LogP contribution < -0.4 is 0 Å². The van der Waals surface area contributed by atoms with Crippen LogP contribution in [0.2, 0.25) is 0 Å². The van der Waals surface area contributed by atoms with Crippen molar-refractivity contribution in [1.29, 1.82) is 0 Å². The van der Waals surface area contributed by atoms with E-state index in [0.29, 0.717) is 17.7 Å². The number of hydrogen-bond donors (Lipinski definition) is 0. The largest absolute Gasteiger partial charge is 0.126 e.